The van der Waals surface area contributed by atoms with E-state index in [0.29, 0.717) is 18.4 Å². The molecule has 0 aliphatic carbocycles. The van der Waals surface area contributed by atoms with Gasteiger partial charge in [0.2, 0.25) is 11.8 Å². The lowest BCUT2D eigenvalue weighted by Gasteiger charge is -2.16. The van der Waals surface area contributed by atoms with Crippen molar-refractivity contribution in [2.45, 2.75) is 6.42 Å². The molecule has 104 valence electrons. The topological polar surface area (TPSA) is 64.0 Å². The Morgan fingerprint density at radius 1 is 1.20 bits per heavy atom. The van der Waals surface area contributed by atoms with Gasteiger partial charge in [0.25, 0.3) is 0 Å². The summed E-state index contributed by atoms with van der Waals surface area (Å²) in [6.07, 6.45) is 9.50. The highest BCUT2D eigenvalue weighted by molar-refractivity contribution is 9.10. The molecule has 3 rings (SSSR count). The van der Waals surface area contributed by atoms with Crippen LogP contribution in [0.5, 0.6) is 5.88 Å². The Kier molecular flexibility index (Phi) is 4.05. The fourth-order valence-corrected chi connectivity index (χ4v) is 2.39. The molecule has 7 heteroatoms. The van der Waals surface area contributed by atoms with Crippen LogP contribution in [0.4, 0.5) is 5.95 Å². The van der Waals surface area contributed by atoms with Gasteiger partial charge in [-0.25, -0.2) is 15.0 Å². The fraction of sp³-hybridized carbons (Fsp3) is 0.385. The molecule has 20 heavy (non-hydrogen) atoms. The highest BCUT2D eigenvalue weighted by Gasteiger charge is 2.24. The number of halogens is 1. The average molecular weight is 336 g/mol. The summed E-state index contributed by atoms with van der Waals surface area (Å²) in [6, 6.07) is 0. The lowest BCUT2D eigenvalue weighted by molar-refractivity contribution is 0.251. The highest BCUT2D eigenvalue weighted by atomic mass is 79.9. The van der Waals surface area contributed by atoms with Gasteiger partial charge in [0, 0.05) is 43.8 Å². The minimum atomic E-state index is 0.462. The molecule has 0 N–H and O–H groups in total. The number of rotatable bonds is 4. The number of nitrogens with zero attached hydrogens (tertiary/aromatic N) is 5. The highest BCUT2D eigenvalue weighted by Crippen LogP contribution is 2.21. The average Bonchev–Trinajstić information content (AvgIpc) is 2.96. The molecule has 0 bridgehead atoms. The third-order valence-electron chi connectivity index (χ3n) is 3.18. The first kappa shape index (κ1) is 13.2. The molecule has 0 aromatic carbocycles. The van der Waals surface area contributed by atoms with E-state index in [1.54, 1.807) is 31.0 Å². The summed E-state index contributed by atoms with van der Waals surface area (Å²) < 4.78 is 6.54. The normalized spacial score (nSPS) is 18.2. The molecular formula is C13H14BrN5O. The molecule has 0 amide bonds. The fourth-order valence-electron chi connectivity index (χ4n) is 2.18. The second-order valence-electron chi connectivity index (χ2n) is 4.66. The van der Waals surface area contributed by atoms with Crippen LogP contribution in [0.25, 0.3) is 0 Å². The molecule has 0 spiro atoms. The summed E-state index contributed by atoms with van der Waals surface area (Å²) >= 11 is 3.34. The second-order valence-corrected chi connectivity index (χ2v) is 5.57. The zero-order chi connectivity index (χ0) is 13.8. The van der Waals surface area contributed by atoms with Crippen LogP contribution >= 0.6 is 15.9 Å². The number of hydrogen-bond donors (Lipinski definition) is 0. The molecule has 1 atom stereocenters. The van der Waals surface area contributed by atoms with Gasteiger partial charge in [-0.3, -0.25) is 4.98 Å². The molecule has 3 heterocycles. The van der Waals surface area contributed by atoms with Crippen molar-refractivity contribution in [2.75, 3.05) is 24.6 Å². The van der Waals surface area contributed by atoms with E-state index in [1.807, 2.05) is 0 Å². The van der Waals surface area contributed by atoms with Gasteiger partial charge >= 0.3 is 0 Å². The van der Waals surface area contributed by atoms with E-state index in [4.69, 9.17) is 4.74 Å². The summed E-state index contributed by atoms with van der Waals surface area (Å²) in [5.74, 6) is 1.81. The van der Waals surface area contributed by atoms with Gasteiger partial charge < -0.3 is 9.64 Å². The molecule has 1 unspecified atom stereocenters. The molecule has 1 aliphatic rings. The number of aromatic nitrogens is 4. The first-order valence-electron chi connectivity index (χ1n) is 6.42. The van der Waals surface area contributed by atoms with E-state index in [0.717, 1.165) is 29.9 Å². The Morgan fingerprint density at radius 3 is 2.80 bits per heavy atom. The zero-order valence-electron chi connectivity index (χ0n) is 10.8. The van der Waals surface area contributed by atoms with Crippen molar-refractivity contribution < 1.29 is 4.74 Å². The molecule has 6 nitrogen and oxygen atoms in total. The van der Waals surface area contributed by atoms with Gasteiger partial charge in [0.05, 0.1) is 17.3 Å². The predicted octanol–water partition coefficient (Wildman–Crippen LogP) is 1.93. The molecule has 0 radical (unpaired) electrons. The first-order valence-corrected chi connectivity index (χ1v) is 7.22. The Bertz CT molecular complexity index is 550. The maximum absolute atomic E-state index is 5.64. The summed E-state index contributed by atoms with van der Waals surface area (Å²) in [5.41, 5.74) is 0. The van der Waals surface area contributed by atoms with Gasteiger partial charge in [0.15, 0.2) is 0 Å². The van der Waals surface area contributed by atoms with Gasteiger partial charge in [0.1, 0.15) is 0 Å². The van der Waals surface area contributed by atoms with E-state index >= 15 is 0 Å². The third kappa shape index (κ3) is 3.22. The summed E-state index contributed by atoms with van der Waals surface area (Å²) in [5, 5.41) is 0. The van der Waals surface area contributed by atoms with Crippen LogP contribution < -0.4 is 9.64 Å². The van der Waals surface area contributed by atoms with Crippen molar-refractivity contribution in [1.82, 2.24) is 19.9 Å². The van der Waals surface area contributed by atoms with Crippen molar-refractivity contribution in [3.8, 4) is 5.88 Å². The summed E-state index contributed by atoms with van der Waals surface area (Å²) in [4.78, 5) is 18.9. The standard InChI is InChI=1S/C13H14BrN5O/c14-11-5-17-13(18-6-11)19-4-1-10(8-19)9-20-12-7-15-2-3-16-12/h2-3,5-7,10H,1,4,8-9H2. The Morgan fingerprint density at radius 2 is 2.05 bits per heavy atom. The smallest absolute Gasteiger partial charge is 0.232 e. The molecule has 2 aromatic rings. The van der Waals surface area contributed by atoms with Crippen LogP contribution in [0.1, 0.15) is 6.42 Å². The molecule has 2 aromatic heterocycles. The summed E-state index contributed by atoms with van der Waals surface area (Å²) in [6.45, 7) is 2.50. The van der Waals surface area contributed by atoms with Crippen molar-refractivity contribution in [3.63, 3.8) is 0 Å². The van der Waals surface area contributed by atoms with Gasteiger partial charge in [-0.1, -0.05) is 0 Å². The number of hydrogen-bond acceptors (Lipinski definition) is 6. The van der Waals surface area contributed by atoms with Gasteiger partial charge in [-0.15, -0.1) is 0 Å². The van der Waals surface area contributed by atoms with Crippen LogP contribution in [0.3, 0.4) is 0 Å². The van der Waals surface area contributed by atoms with Crippen LogP contribution in [-0.2, 0) is 0 Å². The number of ether oxygens (including phenoxy) is 1. The van der Waals surface area contributed by atoms with E-state index in [-0.39, 0.29) is 0 Å². The van der Waals surface area contributed by atoms with E-state index in [1.165, 1.54) is 0 Å². The molecule has 1 fully saturated rings. The van der Waals surface area contributed by atoms with Crippen LogP contribution in [-0.4, -0.2) is 39.6 Å². The van der Waals surface area contributed by atoms with Crippen LogP contribution in [0, 0.1) is 5.92 Å². The van der Waals surface area contributed by atoms with Crippen LogP contribution in [0.15, 0.2) is 35.5 Å². The molecular weight excluding hydrogens is 322 g/mol. The molecule has 0 saturated carbocycles. The van der Waals surface area contributed by atoms with Crippen LogP contribution in [0.2, 0.25) is 0 Å². The van der Waals surface area contributed by atoms with E-state index < -0.39 is 0 Å². The van der Waals surface area contributed by atoms with E-state index in [2.05, 4.69) is 40.8 Å². The predicted molar refractivity (Wildman–Crippen MR) is 77.6 cm³/mol. The minimum Gasteiger partial charge on any atom is -0.476 e. The summed E-state index contributed by atoms with van der Waals surface area (Å²) in [7, 11) is 0. The quantitative estimate of drug-likeness (QED) is 0.850. The molecule has 1 aliphatic heterocycles. The third-order valence-corrected chi connectivity index (χ3v) is 3.59. The Labute approximate surface area is 125 Å². The van der Waals surface area contributed by atoms with E-state index in [9.17, 15) is 0 Å². The largest absolute Gasteiger partial charge is 0.476 e. The van der Waals surface area contributed by atoms with Crippen molar-refractivity contribution >= 4 is 21.9 Å². The Balaban J connectivity index is 1.53. The van der Waals surface area contributed by atoms with Crippen molar-refractivity contribution in [1.29, 1.82) is 0 Å². The minimum absolute atomic E-state index is 0.462. The van der Waals surface area contributed by atoms with Gasteiger partial charge in [-0.2, -0.15) is 0 Å². The SMILES string of the molecule is Brc1cnc(N2CCC(COc3cnccn3)C2)nc1. The zero-order valence-corrected chi connectivity index (χ0v) is 12.4. The van der Waals surface area contributed by atoms with Crippen molar-refractivity contribution in [3.05, 3.63) is 35.5 Å². The number of anilines is 1. The lowest BCUT2D eigenvalue weighted by Crippen LogP contribution is -2.23. The van der Waals surface area contributed by atoms with Crippen molar-refractivity contribution in [2.24, 2.45) is 5.92 Å². The molecule has 1 saturated heterocycles. The second kappa shape index (κ2) is 6.13. The Hall–Kier alpha value is -1.76. The van der Waals surface area contributed by atoms with Gasteiger partial charge in [-0.05, 0) is 22.4 Å². The monoisotopic (exact) mass is 335 g/mol. The first-order chi connectivity index (χ1) is 9.81. The lowest BCUT2D eigenvalue weighted by atomic mass is 10.1. The maximum Gasteiger partial charge on any atom is 0.232 e. The maximum atomic E-state index is 5.64.